The van der Waals surface area contributed by atoms with Crippen molar-refractivity contribution in [2.45, 2.75) is 20.0 Å². The van der Waals surface area contributed by atoms with Gasteiger partial charge in [-0.3, -0.25) is 4.79 Å². The maximum absolute atomic E-state index is 14.0. The molecule has 3 aromatic carbocycles. The Morgan fingerprint density at radius 1 is 0.931 bits per heavy atom. The summed E-state index contributed by atoms with van der Waals surface area (Å²) in [5.74, 6) is -3.52. The molecule has 1 atom stereocenters. The van der Waals surface area contributed by atoms with Crippen LogP contribution in [0.4, 0.5) is 14.5 Å². The van der Waals surface area contributed by atoms with E-state index in [0.29, 0.717) is 17.3 Å². The Morgan fingerprint density at radius 3 is 2.34 bits per heavy atom. The lowest BCUT2D eigenvalue weighted by Gasteiger charge is -2.19. The van der Waals surface area contributed by atoms with Crippen molar-refractivity contribution in [1.82, 2.24) is 0 Å². The molecule has 0 saturated carbocycles. The fourth-order valence-corrected chi connectivity index (χ4v) is 2.80. The third-order valence-electron chi connectivity index (χ3n) is 4.37. The first-order valence-corrected chi connectivity index (χ1v) is 8.94. The predicted octanol–water partition coefficient (Wildman–Crippen LogP) is 5.12. The Kier molecular flexibility index (Phi) is 6.02. The molecule has 0 bridgehead atoms. The highest BCUT2D eigenvalue weighted by Crippen LogP contribution is 2.24. The van der Waals surface area contributed by atoms with E-state index in [0.717, 1.165) is 23.3 Å². The number of anilines is 1. The molecular formula is C23H19F2NO3. The van der Waals surface area contributed by atoms with Crippen molar-refractivity contribution >= 4 is 17.6 Å². The number of esters is 1. The number of benzene rings is 3. The Bertz CT molecular complexity index is 1050. The minimum Gasteiger partial charge on any atom is -0.444 e. The van der Waals surface area contributed by atoms with Gasteiger partial charge in [-0.25, -0.2) is 13.6 Å². The zero-order valence-electron chi connectivity index (χ0n) is 15.9. The predicted molar refractivity (Wildman–Crippen MR) is 106 cm³/mol. The summed E-state index contributed by atoms with van der Waals surface area (Å²) in [7, 11) is 0. The van der Waals surface area contributed by atoms with E-state index in [1.165, 1.54) is 0 Å². The molecule has 29 heavy (non-hydrogen) atoms. The average molecular weight is 395 g/mol. The van der Waals surface area contributed by atoms with Gasteiger partial charge >= 0.3 is 5.97 Å². The summed E-state index contributed by atoms with van der Waals surface area (Å²) in [6.45, 7) is 3.73. The summed E-state index contributed by atoms with van der Waals surface area (Å²) in [5.41, 5.74) is 2.34. The second-order valence-corrected chi connectivity index (χ2v) is 6.63. The number of rotatable bonds is 5. The van der Waals surface area contributed by atoms with E-state index >= 15 is 0 Å². The number of aryl methyl sites for hydroxylation is 2. The molecule has 1 N–H and O–H groups in total. The third-order valence-corrected chi connectivity index (χ3v) is 4.37. The van der Waals surface area contributed by atoms with E-state index in [9.17, 15) is 18.4 Å². The SMILES string of the molecule is Cc1ccc(C)c(NC(=O)C(OC(=O)c2ccc(F)cc2F)c2ccccc2)c1. The van der Waals surface area contributed by atoms with Crippen LogP contribution in [0.15, 0.2) is 66.7 Å². The first-order chi connectivity index (χ1) is 13.8. The van der Waals surface area contributed by atoms with Crippen LogP contribution in [0.3, 0.4) is 0 Å². The van der Waals surface area contributed by atoms with Gasteiger partial charge in [-0.05, 0) is 43.2 Å². The summed E-state index contributed by atoms with van der Waals surface area (Å²) < 4.78 is 32.4. The Balaban J connectivity index is 1.89. The van der Waals surface area contributed by atoms with Gasteiger partial charge < -0.3 is 10.1 Å². The summed E-state index contributed by atoms with van der Waals surface area (Å²) in [4.78, 5) is 25.4. The van der Waals surface area contributed by atoms with Gasteiger partial charge in [0.2, 0.25) is 6.10 Å². The van der Waals surface area contributed by atoms with E-state index in [4.69, 9.17) is 4.74 Å². The number of nitrogens with one attached hydrogen (secondary N) is 1. The smallest absolute Gasteiger partial charge is 0.342 e. The molecule has 0 fully saturated rings. The molecule has 4 nitrogen and oxygen atoms in total. The van der Waals surface area contributed by atoms with Gasteiger partial charge in [-0.1, -0.05) is 42.5 Å². The van der Waals surface area contributed by atoms with E-state index < -0.39 is 35.2 Å². The fourth-order valence-electron chi connectivity index (χ4n) is 2.80. The van der Waals surface area contributed by atoms with E-state index in [1.54, 1.807) is 36.4 Å². The van der Waals surface area contributed by atoms with Gasteiger partial charge in [-0.2, -0.15) is 0 Å². The number of amides is 1. The highest BCUT2D eigenvalue weighted by molar-refractivity contribution is 5.98. The van der Waals surface area contributed by atoms with E-state index in [1.807, 2.05) is 26.0 Å². The monoisotopic (exact) mass is 395 g/mol. The van der Waals surface area contributed by atoms with E-state index in [2.05, 4.69) is 5.32 Å². The van der Waals surface area contributed by atoms with Crippen molar-refractivity contribution in [3.05, 3.63) is 101 Å². The quantitative estimate of drug-likeness (QED) is 0.610. The Hall–Kier alpha value is -3.54. The zero-order valence-corrected chi connectivity index (χ0v) is 15.9. The molecule has 0 saturated heterocycles. The minimum atomic E-state index is -1.31. The second-order valence-electron chi connectivity index (χ2n) is 6.63. The first-order valence-electron chi connectivity index (χ1n) is 8.94. The summed E-state index contributed by atoms with van der Waals surface area (Å²) in [6.07, 6.45) is -1.31. The molecule has 0 aliphatic heterocycles. The lowest BCUT2D eigenvalue weighted by molar-refractivity contribution is -0.125. The molecule has 3 aromatic rings. The number of ether oxygens (including phenoxy) is 1. The first kappa shape index (κ1) is 20.2. The number of hydrogen-bond donors (Lipinski definition) is 1. The van der Waals surface area contributed by atoms with Crippen molar-refractivity contribution in [3.63, 3.8) is 0 Å². The van der Waals surface area contributed by atoms with Crippen molar-refractivity contribution in [1.29, 1.82) is 0 Å². The maximum Gasteiger partial charge on any atom is 0.342 e. The fraction of sp³-hybridized carbons (Fsp3) is 0.130. The molecule has 1 unspecified atom stereocenters. The minimum absolute atomic E-state index is 0.422. The summed E-state index contributed by atoms with van der Waals surface area (Å²) in [5, 5.41) is 2.76. The Morgan fingerprint density at radius 2 is 1.66 bits per heavy atom. The van der Waals surface area contributed by atoms with Gasteiger partial charge in [0, 0.05) is 17.3 Å². The summed E-state index contributed by atoms with van der Waals surface area (Å²) >= 11 is 0. The van der Waals surface area contributed by atoms with Crippen molar-refractivity contribution in [2.75, 3.05) is 5.32 Å². The number of carbonyl (C=O) groups is 2. The largest absolute Gasteiger partial charge is 0.444 e. The second kappa shape index (κ2) is 8.65. The van der Waals surface area contributed by atoms with Crippen LogP contribution in [0, 0.1) is 25.5 Å². The normalized spacial score (nSPS) is 11.6. The van der Waals surface area contributed by atoms with Crippen LogP contribution in [0.1, 0.15) is 33.2 Å². The topological polar surface area (TPSA) is 55.4 Å². The van der Waals surface area contributed by atoms with Crippen LogP contribution in [-0.2, 0) is 9.53 Å². The van der Waals surface area contributed by atoms with Gasteiger partial charge in [0.1, 0.15) is 11.6 Å². The average Bonchev–Trinajstić information content (AvgIpc) is 2.69. The molecule has 3 rings (SSSR count). The van der Waals surface area contributed by atoms with Crippen LogP contribution in [0.5, 0.6) is 0 Å². The van der Waals surface area contributed by atoms with E-state index in [-0.39, 0.29) is 0 Å². The number of halogens is 2. The lowest BCUT2D eigenvalue weighted by atomic mass is 10.1. The molecule has 148 valence electrons. The lowest BCUT2D eigenvalue weighted by Crippen LogP contribution is -2.26. The van der Waals surface area contributed by atoms with Crippen LogP contribution in [0.2, 0.25) is 0 Å². The highest BCUT2D eigenvalue weighted by Gasteiger charge is 2.27. The molecule has 6 heteroatoms. The van der Waals surface area contributed by atoms with Gasteiger partial charge in [0.05, 0.1) is 5.56 Å². The molecular weight excluding hydrogens is 376 g/mol. The van der Waals surface area contributed by atoms with Crippen molar-refractivity contribution in [2.24, 2.45) is 0 Å². The molecule has 0 spiro atoms. The van der Waals surface area contributed by atoms with Crippen LogP contribution >= 0.6 is 0 Å². The molecule has 0 aliphatic carbocycles. The molecule has 0 heterocycles. The zero-order chi connectivity index (χ0) is 21.0. The number of carbonyl (C=O) groups excluding carboxylic acids is 2. The number of hydrogen-bond acceptors (Lipinski definition) is 3. The van der Waals surface area contributed by atoms with Crippen molar-refractivity contribution < 1.29 is 23.1 Å². The van der Waals surface area contributed by atoms with Gasteiger partial charge in [0.15, 0.2) is 0 Å². The Labute approximate surface area is 167 Å². The van der Waals surface area contributed by atoms with Crippen molar-refractivity contribution in [3.8, 4) is 0 Å². The maximum atomic E-state index is 14.0. The highest BCUT2D eigenvalue weighted by atomic mass is 19.1. The standard InChI is InChI=1S/C23H19F2NO3/c1-14-8-9-15(2)20(12-14)26-22(27)21(16-6-4-3-5-7-16)29-23(28)18-11-10-17(24)13-19(18)25/h3-13,21H,1-2H3,(H,26,27). The molecule has 0 aromatic heterocycles. The molecule has 0 radical (unpaired) electrons. The van der Waals surface area contributed by atoms with Gasteiger partial charge in [0.25, 0.3) is 5.91 Å². The van der Waals surface area contributed by atoms with Gasteiger partial charge in [-0.15, -0.1) is 0 Å². The molecule has 0 aliphatic rings. The third kappa shape index (κ3) is 4.85. The van der Waals surface area contributed by atoms with Crippen LogP contribution in [0.25, 0.3) is 0 Å². The van der Waals surface area contributed by atoms with Crippen LogP contribution < -0.4 is 5.32 Å². The van der Waals surface area contributed by atoms with Crippen LogP contribution in [-0.4, -0.2) is 11.9 Å². The molecule has 1 amide bonds. The summed E-state index contributed by atoms with van der Waals surface area (Å²) in [6, 6.07) is 16.5.